The van der Waals surface area contributed by atoms with Crippen LogP contribution in [0.2, 0.25) is 0 Å². The third-order valence-corrected chi connectivity index (χ3v) is 7.48. The molecule has 2 atom stereocenters. The van der Waals surface area contributed by atoms with E-state index >= 15 is 0 Å². The molecule has 2 unspecified atom stereocenters. The van der Waals surface area contributed by atoms with Gasteiger partial charge in [0, 0.05) is 40.0 Å². The van der Waals surface area contributed by atoms with E-state index in [1.807, 2.05) is 65.7 Å². The Bertz CT molecular complexity index is 1540. The molecule has 8 nitrogen and oxygen atoms in total. The molecular formula is C26H24BrN5O3S2. The van der Waals surface area contributed by atoms with Gasteiger partial charge in [0.05, 0.1) is 30.8 Å². The van der Waals surface area contributed by atoms with Gasteiger partial charge in [-0.15, -0.1) is 0 Å². The fourth-order valence-electron chi connectivity index (χ4n) is 4.52. The van der Waals surface area contributed by atoms with Crippen LogP contribution in [-0.2, 0) is 10.0 Å². The van der Waals surface area contributed by atoms with E-state index < -0.39 is 10.0 Å². The Morgan fingerprint density at radius 1 is 1.05 bits per heavy atom. The summed E-state index contributed by atoms with van der Waals surface area (Å²) in [6.45, 7) is 0. The first-order chi connectivity index (χ1) is 17.7. The molecule has 1 aliphatic rings. The van der Waals surface area contributed by atoms with Gasteiger partial charge in [0.1, 0.15) is 11.8 Å². The molecule has 0 bridgehead atoms. The molecule has 4 aromatic rings. The number of benzene rings is 2. The molecular weight excluding hydrogens is 574 g/mol. The summed E-state index contributed by atoms with van der Waals surface area (Å²) in [7, 11) is -1.98. The monoisotopic (exact) mass is 597 g/mol. The van der Waals surface area contributed by atoms with E-state index in [9.17, 15) is 8.42 Å². The first kappa shape index (κ1) is 25.2. The summed E-state index contributed by atoms with van der Waals surface area (Å²) in [5.74, 6) is 0.383. The van der Waals surface area contributed by atoms with Gasteiger partial charge in [-0.3, -0.25) is 9.71 Å². The third-order valence-electron chi connectivity index (χ3n) is 6.04. The quantitative estimate of drug-likeness (QED) is 0.283. The molecule has 1 fully saturated rings. The maximum absolute atomic E-state index is 11.8. The van der Waals surface area contributed by atoms with E-state index in [-0.39, 0.29) is 12.1 Å². The van der Waals surface area contributed by atoms with Gasteiger partial charge >= 0.3 is 0 Å². The van der Waals surface area contributed by atoms with Gasteiger partial charge in [-0.2, -0.15) is 0 Å². The van der Waals surface area contributed by atoms with E-state index in [2.05, 4.69) is 41.6 Å². The van der Waals surface area contributed by atoms with Gasteiger partial charge in [0.15, 0.2) is 5.11 Å². The fourth-order valence-corrected chi connectivity index (χ4v) is 5.70. The molecule has 11 heteroatoms. The number of rotatable bonds is 7. The molecule has 37 heavy (non-hydrogen) atoms. The minimum atomic E-state index is -3.48. The van der Waals surface area contributed by atoms with Crippen LogP contribution in [0.25, 0.3) is 5.69 Å². The van der Waals surface area contributed by atoms with Crippen molar-refractivity contribution in [2.45, 2.75) is 12.1 Å². The maximum Gasteiger partial charge on any atom is 0.229 e. The molecule has 0 aliphatic carbocycles. The lowest BCUT2D eigenvalue weighted by Gasteiger charge is -2.29. The predicted octanol–water partition coefficient (Wildman–Crippen LogP) is 5.19. The van der Waals surface area contributed by atoms with Crippen molar-refractivity contribution in [2.24, 2.45) is 0 Å². The molecule has 5 rings (SSSR count). The van der Waals surface area contributed by atoms with Crippen LogP contribution < -0.4 is 19.7 Å². The largest absolute Gasteiger partial charge is 0.494 e. The first-order valence-corrected chi connectivity index (χ1v) is 14.4. The van der Waals surface area contributed by atoms with Crippen LogP contribution >= 0.6 is 28.1 Å². The van der Waals surface area contributed by atoms with E-state index in [1.54, 1.807) is 18.3 Å². The van der Waals surface area contributed by atoms with Crippen molar-refractivity contribution in [1.82, 2.24) is 14.9 Å². The molecule has 2 N–H and O–H groups in total. The molecule has 1 aliphatic heterocycles. The standard InChI is InChI=1S/C26H24BrN5O3S2/c1-35-23-16-19(12-13-20(23)30-37(2,33)34)32-25(24(29-26(32)36)21-6-3-4-14-28-21)22-7-5-15-31(22)18-10-8-17(27)9-11-18/h3-16,24-25,30H,1-2H3,(H,29,36). The van der Waals surface area contributed by atoms with Crippen molar-refractivity contribution < 1.29 is 13.2 Å². The lowest BCUT2D eigenvalue weighted by atomic mass is 10.0. The third kappa shape index (κ3) is 5.20. The Morgan fingerprint density at radius 2 is 1.81 bits per heavy atom. The Hall–Kier alpha value is -3.41. The molecule has 3 heterocycles. The summed E-state index contributed by atoms with van der Waals surface area (Å²) in [4.78, 5) is 6.64. The van der Waals surface area contributed by atoms with E-state index in [4.69, 9.17) is 17.0 Å². The molecule has 190 valence electrons. The summed E-state index contributed by atoms with van der Waals surface area (Å²) >= 11 is 9.36. The number of hydrogen-bond donors (Lipinski definition) is 2. The maximum atomic E-state index is 11.8. The van der Waals surface area contributed by atoms with Crippen molar-refractivity contribution in [3.63, 3.8) is 0 Å². The Labute approximate surface area is 229 Å². The lowest BCUT2D eigenvalue weighted by molar-refractivity contribution is 0.417. The van der Waals surface area contributed by atoms with Crippen LogP contribution in [0.1, 0.15) is 23.5 Å². The predicted molar refractivity (Wildman–Crippen MR) is 153 cm³/mol. The van der Waals surface area contributed by atoms with E-state index in [0.29, 0.717) is 16.5 Å². The van der Waals surface area contributed by atoms with Gasteiger partial charge in [-0.1, -0.05) is 22.0 Å². The smallest absolute Gasteiger partial charge is 0.229 e. The first-order valence-electron chi connectivity index (χ1n) is 11.3. The number of thiocarbonyl (C=S) groups is 1. The minimum Gasteiger partial charge on any atom is -0.494 e. The number of nitrogens with zero attached hydrogens (tertiary/aromatic N) is 3. The van der Waals surface area contributed by atoms with Gasteiger partial charge in [-0.25, -0.2) is 8.42 Å². The van der Waals surface area contributed by atoms with Crippen LogP contribution in [0.5, 0.6) is 5.75 Å². The number of halogens is 1. The highest BCUT2D eigenvalue weighted by Gasteiger charge is 2.42. The number of ether oxygens (including phenoxy) is 1. The molecule has 0 saturated carbocycles. The van der Waals surface area contributed by atoms with Gasteiger partial charge in [-0.05, 0) is 72.9 Å². The summed E-state index contributed by atoms with van der Waals surface area (Å²) in [5.41, 5.74) is 3.96. The van der Waals surface area contributed by atoms with Crippen LogP contribution in [-0.4, -0.2) is 36.4 Å². The van der Waals surface area contributed by atoms with E-state index in [0.717, 1.165) is 33.5 Å². The number of aromatic nitrogens is 2. The molecule has 0 amide bonds. The molecule has 1 saturated heterocycles. The summed E-state index contributed by atoms with van der Waals surface area (Å²) in [6, 6.07) is 22.8. The highest BCUT2D eigenvalue weighted by Crippen LogP contribution is 2.44. The highest BCUT2D eigenvalue weighted by molar-refractivity contribution is 9.10. The summed E-state index contributed by atoms with van der Waals surface area (Å²) in [6.07, 6.45) is 4.89. The number of anilines is 2. The average molecular weight is 599 g/mol. The molecule has 2 aromatic heterocycles. The summed E-state index contributed by atoms with van der Waals surface area (Å²) in [5, 5.41) is 3.98. The number of methoxy groups -OCH3 is 1. The molecule has 0 radical (unpaired) electrons. The number of pyridine rings is 1. The average Bonchev–Trinajstić information content (AvgIpc) is 3.49. The normalized spacial score (nSPS) is 17.5. The Morgan fingerprint density at radius 3 is 2.49 bits per heavy atom. The Kier molecular flexibility index (Phi) is 6.93. The zero-order valence-corrected chi connectivity index (χ0v) is 23.2. The van der Waals surface area contributed by atoms with Crippen molar-refractivity contribution in [1.29, 1.82) is 0 Å². The zero-order valence-electron chi connectivity index (χ0n) is 20.0. The van der Waals surface area contributed by atoms with Gasteiger partial charge in [0.25, 0.3) is 0 Å². The van der Waals surface area contributed by atoms with Gasteiger partial charge < -0.3 is 19.5 Å². The second kappa shape index (κ2) is 10.2. The second-order valence-electron chi connectivity index (χ2n) is 8.53. The van der Waals surface area contributed by atoms with Crippen LogP contribution in [0.4, 0.5) is 11.4 Å². The zero-order chi connectivity index (χ0) is 26.2. The topological polar surface area (TPSA) is 88.5 Å². The van der Waals surface area contributed by atoms with Crippen molar-refractivity contribution >= 4 is 54.7 Å². The van der Waals surface area contributed by atoms with Crippen molar-refractivity contribution in [3.8, 4) is 11.4 Å². The number of hydrogen-bond acceptors (Lipinski definition) is 5. The molecule has 0 spiro atoms. The van der Waals surface area contributed by atoms with Crippen molar-refractivity contribution in [2.75, 3.05) is 23.0 Å². The summed E-state index contributed by atoms with van der Waals surface area (Å²) < 4.78 is 34.8. The molecule has 2 aromatic carbocycles. The van der Waals surface area contributed by atoms with Crippen LogP contribution in [0.3, 0.4) is 0 Å². The lowest BCUT2D eigenvalue weighted by Crippen LogP contribution is -2.30. The SMILES string of the molecule is COc1cc(N2C(=S)NC(c3ccccn3)C2c2cccn2-c2ccc(Br)cc2)ccc1NS(C)(=O)=O. The van der Waals surface area contributed by atoms with Crippen LogP contribution in [0, 0.1) is 0 Å². The van der Waals surface area contributed by atoms with E-state index in [1.165, 1.54) is 7.11 Å². The minimum absolute atomic E-state index is 0.238. The van der Waals surface area contributed by atoms with Gasteiger partial charge in [0.2, 0.25) is 10.0 Å². The number of sulfonamides is 1. The Balaban J connectivity index is 1.64. The highest BCUT2D eigenvalue weighted by atomic mass is 79.9. The fraction of sp³-hybridized carbons (Fsp3) is 0.154. The van der Waals surface area contributed by atoms with Crippen LogP contribution in [0.15, 0.2) is 89.7 Å². The second-order valence-corrected chi connectivity index (χ2v) is 11.6. The van der Waals surface area contributed by atoms with Crippen molar-refractivity contribution in [3.05, 3.63) is 101 Å². The number of nitrogens with one attached hydrogen (secondary N) is 2.